The normalized spacial score (nSPS) is 12.7. The van der Waals surface area contributed by atoms with E-state index in [4.69, 9.17) is 9.47 Å². The third-order valence-corrected chi connectivity index (χ3v) is 4.36. The van der Waals surface area contributed by atoms with Gasteiger partial charge < -0.3 is 19.9 Å². The molecule has 2 aromatic carbocycles. The zero-order valence-corrected chi connectivity index (χ0v) is 15.8. The van der Waals surface area contributed by atoms with Crippen LogP contribution in [0, 0.1) is 0 Å². The van der Waals surface area contributed by atoms with Gasteiger partial charge in [-0.2, -0.15) is 0 Å². The molecule has 0 aliphatic carbocycles. The second-order valence-electron chi connectivity index (χ2n) is 6.19. The number of hydrogen-bond acceptors (Lipinski definition) is 5. The Morgan fingerprint density at radius 1 is 1.15 bits per heavy atom. The van der Waals surface area contributed by atoms with Crippen molar-refractivity contribution < 1.29 is 24.2 Å². The zero-order chi connectivity index (χ0) is 19.8. The van der Waals surface area contributed by atoms with Crippen LogP contribution in [0.15, 0.2) is 48.5 Å². The highest BCUT2D eigenvalue weighted by Crippen LogP contribution is 2.24. The van der Waals surface area contributed by atoms with Gasteiger partial charge in [-0.15, -0.1) is 0 Å². The Balaban J connectivity index is 1.92. The van der Waals surface area contributed by atoms with E-state index in [0.29, 0.717) is 12.3 Å². The number of carbonyl (C=O) groups excluding carboxylic acids is 2. The topological polar surface area (TPSA) is 84.9 Å². The molecule has 0 unspecified atom stereocenters. The molecular weight excluding hydrogens is 346 g/mol. The molecule has 0 spiro atoms. The smallest absolute Gasteiger partial charge is 0.342 e. The van der Waals surface area contributed by atoms with E-state index in [1.165, 1.54) is 32.2 Å². The molecule has 0 aliphatic rings. The third-order valence-electron chi connectivity index (χ3n) is 4.36. The van der Waals surface area contributed by atoms with Crippen molar-refractivity contribution in [1.29, 1.82) is 0 Å². The van der Waals surface area contributed by atoms with E-state index >= 15 is 0 Å². The molecule has 0 saturated carbocycles. The molecule has 2 aromatic rings. The van der Waals surface area contributed by atoms with Crippen LogP contribution in [0.1, 0.15) is 42.1 Å². The molecule has 0 aromatic heterocycles. The van der Waals surface area contributed by atoms with Gasteiger partial charge in [0.2, 0.25) is 0 Å². The first kappa shape index (κ1) is 20.3. The van der Waals surface area contributed by atoms with Gasteiger partial charge in [-0.25, -0.2) is 4.79 Å². The first-order valence-corrected chi connectivity index (χ1v) is 8.86. The number of amides is 1. The van der Waals surface area contributed by atoms with Crippen LogP contribution >= 0.6 is 0 Å². The zero-order valence-electron chi connectivity index (χ0n) is 15.8. The van der Waals surface area contributed by atoms with Gasteiger partial charge in [0.15, 0.2) is 6.10 Å². The number of aromatic hydroxyl groups is 1. The highest BCUT2D eigenvalue weighted by atomic mass is 16.5. The Morgan fingerprint density at radius 3 is 2.44 bits per heavy atom. The monoisotopic (exact) mass is 371 g/mol. The lowest BCUT2D eigenvalue weighted by Crippen LogP contribution is -2.38. The maximum Gasteiger partial charge on any atom is 0.342 e. The predicted octanol–water partition coefficient (Wildman–Crippen LogP) is 3.26. The first-order chi connectivity index (χ1) is 13.0. The molecule has 27 heavy (non-hydrogen) atoms. The van der Waals surface area contributed by atoms with Crippen molar-refractivity contribution in [3.8, 4) is 11.5 Å². The standard InChI is InChI=1S/C21H25NO5/c1-4-15(16-8-6-5-7-9-16)13-22-20(24)14(2)27-21(25)18-11-10-17(26-3)12-19(18)23/h5-12,14-15,23H,4,13H2,1-3H3,(H,22,24)/t14-,15+/m1/s1. The Kier molecular flexibility index (Phi) is 7.23. The molecular formula is C21H25NO5. The summed E-state index contributed by atoms with van der Waals surface area (Å²) in [6, 6.07) is 14.2. The van der Waals surface area contributed by atoms with Crippen molar-refractivity contribution in [3.05, 3.63) is 59.7 Å². The van der Waals surface area contributed by atoms with Crippen LogP contribution in [0.25, 0.3) is 0 Å². The van der Waals surface area contributed by atoms with E-state index in [9.17, 15) is 14.7 Å². The molecule has 6 heteroatoms. The van der Waals surface area contributed by atoms with Gasteiger partial charge in [-0.1, -0.05) is 37.3 Å². The number of nitrogens with one attached hydrogen (secondary N) is 1. The fourth-order valence-corrected chi connectivity index (χ4v) is 2.68. The number of benzene rings is 2. The summed E-state index contributed by atoms with van der Waals surface area (Å²) < 4.78 is 10.1. The van der Waals surface area contributed by atoms with Crippen molar-refractivity contribution in [2.45, 2.75) is 32.3 Å². The molecule has 6 nitrogen and oxygen atoms in total. The molecule has 2 N–H and O–H groups in total. The summed E-state index contributed by atoms with van der Waals surface area (Å²) in [5.74, 6) is -0.814. The van der Waals surface area contributed by atoms with E-state index < -0.39 is 12.1 Å². The molecule has 0 fully saturated rings. The summed E-state index contributed by atoms with van der Waals surface area (Å²) in [5.41, 5.74) is 1.12. The number of methoxy groups -OCH3 is 1. The average Bonchev–Trinajstić information content (AvgIpc) is 2.68. The summed E-state index contributed by atoms with van der Waals surface area (Å²) >= 11 is 0. The lowest BCUT2D eigenvalue weighted by atomic mass is 9.96. The number of esters is 1. The second-order valence-corrected chi connectivity index (χ2v) is 6.19. The number of ether oxygens (including phenoxy) is 2. The summed E-state index contributed by atoms with van der Waals surface area (Å²) in [6.45, 7) is 4.01. The SMILES string of the molecule is CC[C@@H](CNC(=O)[C@@H](C)OC(=O)c1ccc(OC)cc1O)c1ccccc1. The number of hydrogen-bond donors (Lipinski definition) is 2. The summed E-state index contributed by atoms with van der Waals surface area (Å²) in [7, 11) is 1.46. The molecule has 0 radical (unpaired) electrons. The van der Waals surface area contributed by atoms with Crippen LogP contribution in [0.3, 0.4) is 0 Å². The Morgan fingerprint density at radius 2 is 1.85 bits per heavy atom. The maximum absolute atomic E-state index is 12.3. The molecule has 0 aliphatic heterocycles. The van der Waals surface area contributed by atoms with Crippen LogP contribution in [0.2, 0.25) is 0 Å². The molecule has 2 rings (SSSR count). The Hall–Kier alpha value is -3.02. The molecule has 1 amide bonds. The minimum absolute atomic E-state index is 0.0221. The van der Waals surface area contributed by atoms with Gasteiger partial charge in [0, 0.05) is 18.5 Å². The lowest BCUT2D eigenvalue weighted by Gasteiger charge is -2.18. The highest BCUT2D eigenvalue weighted by molar-refractivity contribution is 5.94. The highest BCUT2D eigenvalue weighted by Gasteiger charge is 2.22. The Labute approximate surface area is 159 Å². The summed E-state index contributed by atoms with van der Waals surface area (Å²) in [4.78, 5) is 24.5. The van der Waals surface area contributed by atoms with Gasteiger partial charge in [-0.05, 0) is 31.0 Å². The number of phenols is 1. The summed E-state index contributed by atoms with van der Waals surface area (Å²) in [5, 5.41) is 12.7. The number of rotatable bonds is 8. The van der Waals surface area contributed by atoms with Crippen LogP contribution < -0.4 is 10.1 Å². The van der Waals surface area contributed by atoms with E-state index in [-0.39, 0.29) is 23.1 Å². The van der Waals surface area contributed by atoms with Gasteiger partial charge in [-0.3, -0.25) is 4.79 Å². The van der Waals surface area contributed by atoms with Gasteiger partial charge in [0.05, 0.1) is 7.11 Å². The van der Waals surface area contributed by atoms with Crippen LogP contribution in [-0.4, -0.2) is 36.7 Å². The van der Waals surface area contributed by atoms with Crippen LogP contribution in [0.5, 0.6) is 11.5 Å². The van der Waals surface area contributed by atoms with Crippen molar-refractivity contribution in [2.75, 3.05) is 13.7 Å². The van der Waals surface area contributed by atoms with Crippen molar-refractivity contribution in [1.82, 2.24) is 5.32 Å². The molecule has 144 valence electrons. The fourth-order valence-electron chi connectivity index (χ4n) is 2.68. The van der Waals surface area contributed by atoms with Gasteiger partial charge in [0.25, 0.3) is 5.91 Å². The molecule has 0 bridgehead atoms. The average molecular weight is 371 g/mol. The van der Waals surface area contributed by atoms with Gasteiger partial charge >= 0.3 is 5.97 Å². The van der Waals surface area contributed by atoms with Crippen molar-refractivity contribution in [3.63, 3.8) is 0 Å². The fraction of sp³-hybridized carbons (Fsp3) is 0.333. The predicted molar refractivity (Wildman–Crippen MR) is 102 cm³/mol. The largest absolute Gasteiger partial charge is 0.507 e. The maximum atomic E-state index is 12.3. The van der Waals surface area contributed by atoms with Crippen LogP contribution in [-0.2, 0) is 9.53 Å². The van der Waals surface area contributed by atoms with Crippen molar-refractivity contribution >= 4 is 11.9 Å². The van der Waals surface area contributed by atoms with E-state index in [1.54, 1.807) is 0 Å². The van der Waals surface area contributed by atoms with E-state index in [2.05, 4.69) is 12.2 Å². The molecule has 0 heterocycles. The quantitative estimate of drug-likeness (QED) is 0.696. The first-order valence-electron chi connectivity index (χ1n) is 8.86. The second kappa shape index (κ2) is 9.62. The summed E-state index contributed by atoms with van der Waals surface area (Å²) in [6.07, 6.45) is -0.106. The Bertz CT molecular complexity index is 775. The van der Waals surface area contributed by atoms with Gasteiger partial charge in [0.1, 0.15) is 17.1 Å². The molecule has 2 atom stereocenters. The lowest BCUT2D eigenvalue weighted by molar-refractivity contribution is -0.129. The number of carbonyl (C=O) groups is 2. The van der Waals surface area contributed by atoms with E-state index in [0.717, 1.165) is 12.0 Å². The van der Waals surface area contributed by atoms with E-state index in [1.807, 2.05) is 30.3 Å². The molecule has 0 saturated heterocycles. The minimum atomic E-state index is -0.979. The van der Waals surface area contributed by atoms with Crippen molar-refractivity contribution in [2.24, 2.45) is 0 Å². The minimum Gasteiger partial charge on any atom is -0.507 e. The number of phenolic OH excluding ortho intramolecular Hbond substituents is 1. The van der Waals surface area contributed by atoms with Crippen LogP contribution in [0.4, 0.5) is 0 Å². The third kappa shape index (κ3) is 5.48.